The normalized spacial score (nSPS) is 11.3. The second kappa shape index (κ2) is 15.3. The molecule has 0 saturated carbocycles. The minimum atomic E-state index is 1.09. The zero-order valence-corrected chi connectivity index (χ0v) is 33.7. The van der Waals surface area contributed by atoms with Gasteiger partial charge in [-0.25, -0.2) is 0 Å². The number of benzene rings is 10. The van der Waals surface area contributed by atoms with Crippen molar-refractivity contribution in [1.29, 1.82) is 0 Å². The first-order valence-electron chi connectivity index (χ1n) is 20.5. The Morgan fingerprint density at radius 2 is 0.783 bits per heavy atom. The standard InChI is InChI=1S/C58H39NS/c1-3-15-40(16-4-1)47-36-48(41-17-5-2-6-18-41)39-51(38-47)59(49-33-31-43(32-34-49)54-28-14-30-57-58(54)55-26-9-10-29-56(55)60-57)50-24-12-22-45(37-50)44-21-11-23-46(35-44)53-27-13-20-42-19-7-8-25-52(42)53/h1-39H. The van der Waals surface area contributed by atoms with E-state index in [0.29, 0.717) is 0 Å². The SMILES string of the molecule is c1ccc(-c2cc(-c3ccccc3)cc(N(c3ccc(-c4cccc5sc6ccccc6c45)cc3)c3cccc(-c4cccc(-c5cccc6ccccc56)c4)c3)c2)cc1. The van der Waals surface area contributed by atoms with Crippen LogP contribution >= 0.6 is 11.3 Å². The molecule has 0 amide bonds. The molecule has 0 aliphatic rings. The first kappa shape index (κ1) is 35.6. The van der Waals surface area contributed by atoms with Gasteiger partial charge in [-0.05, 0) is 127 Å². The molecule has 0 atom stereocenters. The summed E-state index contributed by atoms with van der Waals surface area (Å²) in [5, 5.41) is 5.14. The molecule has 0 aliphatic heterocycles. The maximum absolute atomic E-state index is 2.42. The highest BCUT2D eigenvalue weighted by Crippen LogP contribution is 2.44. The number of hydrogen-bond donors (Lipinski definition) is 0. The van der Waals surface area contributed by atoms with E-state index in [0.717, 1.165) is 22.6 Å². The Bertz CT molecular complexity index is 3250. The monoisotopic (exact) mass is 781 g/mol. The van der Waals surface area contributed by atoms with Gasteiger partial charge < -0.3 is 4.90 Å². The summed E-state index contributed by atoms with van der Waals surface area (Å²) in [7, 11) is 0. The van der Waals surface area contributed by atoms with Crippen LogP contribution in [0.4, 0.5) is 17.1 Å². The van der Waals surface area contributed by atoms with Crippen molar-refractivity contribution >= 4 is 59.3 Å². The van der Waals surface area contributed by atoms with Crippen LogP contribution in [0.15, 0.2) is 237 Å². The second-order valence-electron chi connectivity index (χ2n) is 15.3. The van der Waals surface area contributed by atoms with Gasteiger partial charge in [-0.1, -0.05) is 176 Å². The van der Waals surface area contributed by atoms with E-state index in [9.17, 15) is 0 Å². The fourth-order valence-electron chi connectivity index (χ4n) is 8.76. The van der Waals surface area contributed by atoms with Gasteiger partial charge in [-0.15, -0.1) is 11.3 Å². The van der Waals surface area contributed by atoms with Gasteiger partial charge >= 0.3 is 0 Å². The molecule has 0 bridgehead atoms. The molecular weight excluding hydrogens is 743 g/mol. The van der Waals surface area contributed by atoms with E-state index in [-0.39, 0.29) is 0 Å². The molecule has 2 heteroatoms. The van der Waals surface area contributed by atoms with Crippen molar-refractivity contribution in [3.05, 3.63) is 237 Å². The molecule has 1 aromatic heterocycles. The van der Waals surface area contributed by atoms with Crippen molar-refractivity contribution in [3.8, 4) is 55.6 Å². The van der Waals surface area contributed by atoms with Crippen LogP contribution in [0.2, 0.25) is 0 Å². The highest BCUT2D eigenvalue weighted by atomic mass is 32.1. The third-order valence-electron chi connectivity index (χ3n) is 11.6. The number of nitrogens with zero attached hydrogens (tertiary/aromatic N) is 1. The summed E-state index contributed by atoms with van der Waals surface area (Å²) in [5.74, 6) is 0. The Morgan fingerprint density at radius 3 is 1.55 bits per heavy atom. The molecule has 60 heavy (non-hydrogen) atoms. The maximum atomic E-state index is 2.42. The van der Waals surface area contributed by atoms with E-state index in [2.05, 4.69) is 241 Å². The third-order valence-corrected chi connectivity index (χ3v) is 12.8. The first-order chi connectivity index (χ1) is 29.7. The summed E-state index contributed by atoms with van der Waals surface area (Å²) in [6.07, 6.45) is 0. The highest BCUT2D eigenvalue weighted by Gasteiger charge is 2.18. The van der Waals surface area contributed by atoms with Gasteiger partial charge in [-0.3, -0.25) is 0 Å². The van der Waals surface area contributed by atoms with Crippen LogP contribution in [0, 0.1) is 0 Å². The number of fused-ring (bicyclic) bond motifs is 4. The number of rotatable bonds is 8. The molecular formula is C58H39NS. The van der Waals surface area contributed by atoms with Crippen LogP contribution < -0.4 is 4.90 Å². The minimum absolute atomic E-state index is 1.09. The summed E-state index contributed by atoms with van der Waals surface area (Å²) < 4.78 is 2.63. The molecule has 0 N–H and O–H groups in total. The van der Waals surface area contributed by atoms with Crippen molar-refractivity contribution in [2.24, 2.45) is 0 Å². The lowest BCUT2D eigenvalue weighted by molar-refractivity contribution is 1.28. The molecule has 0 unspecified atom stereocenters. The van der Waals surface area contributed by atoms with Gasteiger partial charge in [0.05, 0.1) is 0 Å². The molecule has 0 spiro atoms. The lowest BCUT2D eigenvalue weighted by atomic mass is 9.95. The Morgan fingerprint density at radius 1 is 0.267 bits per heavy atom. The zero-order chi connectivity index (χ0) is 39.8. The maximum Gasteiger partial charge on any atom is 0.0473 e. The number of hydrogen-bond acceptors (Lipinski definition) is 2. The molecule has 10 aromatic carbocycles. The van der Waals surface area contributed by atoms with Crippen LogP contribution in [-0.4, -0.2) is 0 Å². The Hall–Kier alpha value is -7.52. The molecule has 0 saturated heterocycles. The second-order valence-corrected chi connectivity index (χ2v) is 16.4. The Kier molecular flexibility index (Phi) is 9.11. The summed E-state index contributed by atoms with van der Waals surface area (Å²) in [6, 6.07) is 86.2. The van der Waals surface area contributed by atoms with Crippen LogP contribution in [0.3, 0.4) is 0 Å². The van der Waals surface area contributed by atoms with Crippen molar-refractivity contribution in [3.63, 3.8) is 0 Å². The lowest BCUT2D eigenvalue weighted by Crippen LogP contribution is -2.10. The smallest absolute Gasteiger partial charge is 0.0473 e. The van der Waals surface area contributed by atoms with Crippen LogP contribution in [0.25, 0.3) is 86.6 Å². The van der Waals surface area contributed by atoms with E-state index < -0.39 is 0 Å². The Balaban J connectivity index is 1.07. The molecule has 0 fully saturated rings. The van der Waals surface area contributed by atoms with Crippen LogP contribution in [0.1, 0.15) is 0 Å². The topological polar surface area (TPSA) is 3.24 Å². The van der Waals surface area contributed by atoms with Gasteiger partial charge in [0.25, 0.3) is 0 Å². The van der Waals surface area contributed by atoms with Crippen LogP contribution in [0.5, 0.6) is 0 Å². The van der Waals surface area contributed by atoms with Crippen molar-refractivity contribution < 1.29 is 0 Å². The average molecular weight is 782 g/mol. The quantitative estimate of drug-likeness (QED) is 0.148. The summed E-state index contributed by atoms with van der Waals surface area (Å²) in [5.41, 5.74) is 15.2. The van der Waals surface area contributed by atoms with Gasteiger partial charge in [0, 0.05) is 37.2 Å². The van der Waals surface area contributed by atoms with Crippen molar-refractivity contribution in [2.45, 2.75) is 0 Å². The summed E-state index contributed by atoms with van der Waals surface area (Å²) in [4.78, 5) is 2.42. The Labute approximate surface area is 354 Å². The molecule has 0 aliphatic carbocycles. The molecule has 1 heterocycles. The number of anilines is 3. The largest absolute Gasteiger partial charge is 0.310 e. The predicted octanol–water partition coefficient (Wildman–Crippen LogP) is 17.0. The lowest BCUT2D eigenvalue weighted by Gasteiger charge is -2.27. The van der Waals surface area contributed by atoms with E-state index in [1.165, 1.54) is 81.0 Å². The van der Waals surface area contributed by atoms with Gasteiger partial charge in [-0.2, -0.15) is 0 Å². The fourth-order valence-corrected chi connectivity index (χ4v) is 9.89. The zero-order valence-electron chi connectivity index (χ0n) is 32.9. The molecule has 11 aromatic rings. The van der Waals surface area contributed by atoms with Gasteiger partial charge in [0.15, 0.2) is 0 Å². The van der Waals surface area contributed by atoms with Crippen molar-refractivity contribution in [1.82, 2.24) is 0 Å². The molecule has 282 valence electrons. The molecule has 11 rings (SSSR count). The molecule has 1 nitrogen and oxygen atoms in total. The fraction of sp³-hybridized carbons (Fsp3) is 0. The molecule has 0 radical (unpaired) electrons. The third kappa shape index (κ3) is 6.63. The first-order valence-corrected chi connectivity index (χ1v) is 21.3. The minimum Gasteiger partial charge on any atom is -0.310 e. The summed E-state index contributed by atoms with van der Waals surface area (Å²) in [6.45, 7) is 0. The van der Waals surface area contributed by atoms with E-state index in [1.54, 1.807) is 0 Å². The van der Waals surface area contributed by atoms with Gasteiger partial charge in [0.2, 0.25) is 0 Å². The van der Waals surface area contributed by atoms with Gasteiger partial charge in [0.1, 0.15) is 0 Å². The predicted molar refractivity (Wildman–Crippen MR) is 259 cm³/mol. The highest BCUT2D eigenvalue weighted by molar-refractivity contribution is 7.25. The van der Waals surface area contributed by atoms with E-state index >= 15 is 0 Å². The van der Waals surface area contributed by atoms with Crippen molar-refractivity contribution in [2.75, 3.05) is 4.90 Å². The van der Waals surface area contributed by atoms with E-state index in [4.69, 9.17) is 0 Å². The van der Waals surface area contributed by atoms with Crippen LogP contribution in [-0.2, 0) is 0 Å². The average Bonchev–Trinajstić information content (AvgIpc) is 3.72. The van der Waals surface area contributed by atoms with E-state index in [1.807, 2.05) is 11.3 Å². The number of thiophene rings is 1. The summed E-state index contributed by atoms with van der Waals surface area (Å²) >= 11 is 1.86.